The second-order valence-electron chi connectivity index (χ2n) is 8.40. The van der Waals surface area contributed by atoms with Crippen molar-refractivity contribution in [2.75, 3.05) is 32.3 Å². The maximum atomic E-state index is 11.8. The highest BCUT2D eigenvalue weighted by Crippen LogP contribution is 2.31. The molecule has 4 aromatic rings. The Bertz CT molecular complexity index is 1300. The highest BCUT2D eigenvalue weighted by molar-refractivity contribution is 5.80. The SMILES string of the molecule is COC(=O)CN1Cc2c(nc(C)n2Cc2ccc(-c3ccccc3-c3nn[nH]n3)cc2)N(C)C1. The Morgan fingerprint density at radius 2 is 1.88 bits per heavy atom. The second kappa shape index (κ2) is 9.06. The molecule has 0 unspecified atom stereocenters. The average molecular weight is 459 g/mol. The van der Waals surface area contributed by atoms with Gasteiger partial charge >= 0.3 is 5.97 Å². The molecule has 0 amide bonds. The summed E-state index contributed by atoms with van der Waals surface area (Å²) in [6, 6.07) is 16.5. The third-order valence-corrected chi connectivity index (χ3v) is 6.09. The summed E-state index contributed by atoms with van der Waals surface area (Å²) in [5.41, 5.74) is 5.32. The summed E-state index contributed by atoms with van der Waals surface area (Å²) in [4.78, 5) is 20.7. The van der Waals surface area contributed by atoms with Crippen LogP contribution in [0.25, 0.3) is 22.5 Å². The quantitative estimate of drug-likeness (QED) is 0.440. The number of hydrogen-bond acceptors (Lipinski definition) is 8. The number of aromatic nitrogens is 6. The summed E-state index contributed by atoms with van der Waals surface area (Å²) >= 11 is 0. The fourth-order valence-electron chi connectivity index (χ4n) is 4.43. The summed E-state index contributed by atoms with van der Waals surface area (Å²) in [6.45, 7) is 4.24. The summed E-state index contributed by atoms with van der Waals surface area (Å²) in [5.74, 6) is 2.24. The summed E-state index contributed by atoms with van der Waals surface area (Å²) in [7, 11) is 3.41. The topological polar surface area (TPSA) is 105 Å². The van der Waals surface area contributed by atoms with Crippen molar-refractivity contribution < 1.29 is 9.53 Å². The first-order chi connectivity index (χ1) is 16.5. The normalized spacial score (nSPS) is 13.7. The highest BCUT2D eigenvalue weighted by Gasteiger charge is 2.27. The van der Waals surface area contributed by atoms with Gasteiger partial charge in [0.05, 0.1) is 26.0 Å². The molecule has 10 heteroatoms. The van der Waals surface area contributed by atoms with Gasteiger partial charge in [-0.25, -0.2) is 4.98 Å². The highest BCUT2D eigenvalue weighted by atomic mass is 16.5. The van der Waals surface area contributed by atoms with E-state index in [2.05, 4.69) is 65.3 Å². The molecule has 1 N–H and O–H groups in total. The van der Waals surface area contributed by atoms with Gasteiger partial charge in [-0.2, -0.15) is 5.21 Å². The maximum absolute atomic E-state index is 11.8. The molecule has 0 fully saturated rings. The number of H-pyrrole nitrogens is 1. The maximum Gasteiger partial charge on any atom is 0.319 e. The molecule has 0 aliphatic carbocycles. The lowest BCUT2D eigenvalue weighted by Crippen LogP contribution is -2.43. The minimum atomic E-state index is -0.240. The number of tetrazole rings is 1. The monoisotopic (exact) mass is 458 g/mol. The number of nitrogens with one attached hydrogen (secondary N) is 1. The van der Waals surface area contributed by atoms with Gasteiger partial charge < -0.3 is 14.2 Å². The number of ether oxygens (including phenoxy) is 1. The first-order valence-electron chi connectivity index (χ1n) is 11.0. The largest absolute Gasteiger partial charge is 0.468 e. The molecule has 0 radical (unpaired) electrons. The zero-order valence-corrected chi connectivity index (χ0v) is 19.4. The molecule has 10 nitrogen and oxygen atoms in total. The number of hydrogen-bond donors (Lipinski definition) is 1. The van der Waals surface area contributed by atoms with Gasteiger partial charge in [0.15, 0.2) is 5.82 Å². The molecule has 2 aromatic carbocycles. The number of esters is 1. The molecule has 2 aromatic heterocycles. The van der Waals surface area contributed by atoms with Crippen LogP contribution in [-0.2, 0) is 22.6 Å². The molecule has 34 heavy (non-hydrogen) atoms. The van der Waals surface area contributed by atoms with E-state index in [4.69, 9.17) is 9.72 Å². The second-order valence-corrected chi connectivity index (χ2v) is 8.40. The lowest BCUT2D eigenvalue weighted by molar-refractivity contribution is -0.142. The Morgan fingerprint density at radius 3 is 2.59 bits per heavy atom. The van der Waals surface area contributed by atoms with Crippen molar-refractivity contribution in [3.8, 4) is 22.5 Å². The molecule has 174 valence electrons. The van der Waals surface area contributed by atoms with Gasteiger partial charge in [-0.15, -0.1) is 10.2 Å². The summed E-state index contributed by atoms with van der Waals surface area (Å²) < 4.78 is 7.07. The number of aromatic amines is 1. The van der Waals surface area contributed by atoms with Crippen molar-refractivity contribution in [3.63, 3.8) is 0 Å². The summed E-state index contributed by atoms with van der Waals surface area (Å²) in [5, 5.41) is 14.5. The van der Waals surface area contributed by atoms with Crippen LogP contribution >= 0.6 is 0 Å². The van der Waals surface area contributed by atoms with Crippen molar-refractivity contribution >= 4 is 11.8 Å². The van der Waals surface area contributed by atoms with Gasteiger partial charge in [-0.1, -0.05) is 48.5 Å². The van der Waals surface area contributed by atoms with E-state index >= 15 is 0 Å². The standard InChI is InChI=1S/C24H26N8O2/c1-16-25-24-21(13-31(15-30(24)2)14-22(33)34-3)32(16)12-17-8-10-18(11-9-17)19-6-4-5-7-20(19)23-26-28-29-27-23/h4-11H,12-15H2,1-3H3,(H,26,27,28,29). The zero-order chi connectivity index (χ0) is 23.7. The Hall–Kier alpha value is -4.05. The van der Waals surface area contributed by atoms with Gasteiger partial charge in [0.2, 0.25) is 5.82 Å². The number of benzene rings is 2. The summed E-state index contributed by atoms with van der Waals surface area (Å²) in [6.07, 6.45) is 0. The van der Waals surface area contributed by atoms with Crippen LogP contribution in [0.2, 0.25) is 0 Å². The lowest BCUT2D eigenvalue weighted by Gasteiger charge is -2.33. The molecule has 0 spiro atoms. The number of carbonyl (C=O) groups excluding carboxylic acids is 1. The van der Waals surface area contributed by atoms with E-state index in [9.17, 15) is 4.79 Å². The van der Waals surface area contributed by atoms with Crippen LogP contribution in [-0.4, -0.2) is 68.4 Å². The van der Waals surface area contributed by atoms with Crippen LogP contribution in [0.5, 0.6) is 0 Å². The Kier molecular flexibility index (Phi) is 5.81. The minimum absolute atomic E-state index is 0.240. The number of methoxy groups -OCH3 is 1. The molecule has 0 atom stereocenters. The number of rotatable bonds is 6. The van der Waals surface area contributed by atoms with Crippen molar-refractivity contribution in [2.45, 2.75) is 20.0 Å². The van der Waals surface area contributed by atoms with Crippen molar-refractivity contribution in [3.05, 3.63) is 65.6 Å². The molecule has 5 rings (SSSR count). The molecule has 0 saturated carbocycles. The predicted molar refractivity (Wildman–Crippen MR) is 127 cm³/mol. The van der Waals surface area contributed by atoms with E-state index in [1.165, 1.54) is 7.11 Å². The molecule has 3 heterocycles. The average Bonchev–Trinajstić information content (AvgIpc) is 3.49. The number of aryl methyl sites for hydroxylation is 1. The molecular weight excluding hydrogens is 432 g/mol. The number of imidazole rings is 1. The van der Waals surface area contributed by atoms with E-state index in [0.29, 0.717) is 25.6 Å². The van der Waals surface area contributed by atoms with Crippen LogP contribution in [0.4, 0.5) is 5.82 Å². The van der Waals surface area contributed by atoms with Crippen molar-refractivity contribution in [1.82, 2.24) is 35.1 Å². The molecule has 1 aliphatic heterocycles. The van der Waals surface area contributed by atoms with E-state index in [1.807, 2.05) is 32.2 Å². The number of carbonyl (C=O) groups is 1. The fraction of sp³-hybridized carbons (Fsp3) is 0.292. The predicted octanol–water partition coefficient (Wildman–Crippen LogP) is 2.47. The first kappa shape index (κ1) is 21.8. The fourth-order valence-corrected chi connectivity index (χ4v) is 4.43. The third-order valence-electron chi connectivity index (χ3n) is 6.09. The number of nitrogens with zero attached hydrogens (tertiary/aromatic N) is 7. The van der Waals surface area contributed by atoms with Gasteiger partial charge in [0.1, 0.15) is 5.82 Å². The van der Waals surface area contributed by atoms with E-state index < -0.39 is 0 Å². The van der Waals surface area contributed by atoms with Crippen LogP contribution in [0.1, 0.15) is 17.1 Å². The lowest BCUT2D eigenvalue weighted by atomic mass is 9.98. The van der Waals surface area contributed by atoms with Crippen LogP contribution < -0.4 is 4.90 Å². The van der Waals surface area contributed by atoms with Crippen molar-refractivity contribution in [2.24, 2.45) is 0 Å². The number of fused-ring (bicyclic) bond motifs is 1. The number of anilines is 1. The Morgan fingerprint density at radius 1 is 1.12 bits per heavy atom. The minimum Gasteiger partial charge on any atom is -0.468 e. The molecule has 0 bridgehead atoms. The van der Waals surface area contributed by atoms with Crippen molar-refractivity contribution in [1.29, 1.82) is 0 Å². The zero-order valence-electron chi connectivity index (χ0n) is 19.4. The van der Waals surface area contributed by atoms with Gasteiger partial charge in [0.25, 0.3) is 0 Å². The van der Waals surface area contributed by atoms with E-state index in [-0.39, 0.29) is 12.5 Å². The van der Waals surface area contributed by atoms with Gasteiger partial charge in [-0.05, 0) is 28.8 Å². The Labute approximate surface area is 197 Å². The first-order valence-corrected chi connectivity index (χ1v) is 11.0. The smallest absolute Gasteiger partial charge is 0.319 e. The third kappa shape index (κ3) is 4.15. The van der Waals surface area contributed by atoms with Crippen LogP contribution in [0.3, 0.4) is 0 Å². The van der Waals surface area contributed by atoms with Crippen LogP contribution in [0.15, 0.2) is 48.5 Å². The van der Waals surface area contributed by atoms with Crippen LogP contribution in [0, 0.1) is 6.92 Å². The molecule has 0 saturated heterocycles. The Balaban J connectivity index is 1.40. The van der Waals surface area contributed by atoms with E-state index in [0.717, 1.165) is 39.6 Å². The van der Waals surface area contributed by atoms with Gasteiger partial charge in [0, 0.05) is 25.7 Å². The molecule has 1 aliphatic rings. The molecular formula is C24H26N8O2. The van der Waals surface area contributed by atoms with E-state index in [1.54, 1.807) is 0 Å². The van der Waals surface area contributed by atoms with Gasteiger partial charge in [-0.3, -0.25) is 9.69 Å².